The van der Waals surface area contributed by atoms with E-state index in [9.17, 15) is 4.79 Å². The molecule has 1 saturated heterocycles. The van der Waals surface area contributed by atoms with Crippen molar-refractivity contribution in [2.24, 2.45) is 11.3 Å². The van der Waals surface area contributed by atoms with Crippen LogP contribution in [0.2, 0.25) is 0 Å². The molecule has 102 valence electrons. The zero-order valence-corrected chi connectivity index (χ0v) is 11.7. The molecule has 1 fully saturated rings. The molecule has 3 nitrogen and oxygen atoms in total. The van der Waals surface area contributed by atoms with E-state index in [1.165, 1.54) is 12.8 Å². The third-order valence-electron chi connectivity index (χ3n) is 4.45. The summed E-state index contributed by atoms with van der Waals surface area (Å²) in [6, 6.07) is 0.411. The van der Waals surface area contributed by atoms with E-state index in [0.29, 0.717) is 6.04 Å². The summed E-state index contributed by atoms with van der Waals surface area (Å²) in [6.07, 6.45) is 9.76. The molecule has 0 aromatic heterocycles. The fraction of sp³-hybridized carbons (Fsp3) is 0.800. The molecule has 1 amide bonds. The largest absolute Gasteiger partial charge is 0.354 e. The van der Waals surface area contributed by atoms with Gasteiger partial charge >= 0.3 is 0 Å². The van der Waals surface area contributed by atoms with Crippen molar-refractivity contribution < 1.29 is 4.79 Å². The molecule has 1 heterocycles. The third-order valence-corrected chi connectivity index (χ3v) is 4.45. The summed E-state index contributed by atoms with van der Waals surface area (Å²) in [6.45, 7) is 6.43. The lowest BCUT2D eigenvalue weighted by molar-refractivity contribution is -0.125. The van der Waals surface area contributed by atoms with E-state index in [2.05, 4.69) is 36.6 Å². The first kappa shape index (κ1) is 13.6. The van der Waals surface area contributed by atoms with Gasteiger partial charge < -0.3 is 10.6 Å². The zero-order valence-electron chi connectivity index (χ0n) is 11.7. The fourth-order valence-corrected chi connectivity index (χ4v) is 3.00. The number of carbonyl (C=O) groups is 1. The first-order valence-corrected chi connectivity index (χ1v) is 7.26. The van der Waals surface area contributed by atoms with Gasteiger partial charge in [0.25, 0.3) is 0 Å². The highest BCUT2D eigenvalue weighted by molar-refractivity contribution is 5.79. The summed E-state index contributed by atoms with van der Waals surface area (Å²) in [5, 5.41) is 6.68. The molecule has 2 aliphatic rings. The fourth-order valence-electron chi connectivity index (χ4n) is 3.00. The normalized spacial score (nSPS) is 31.0. The van der Waals surface area contributed by atoms with Gasteiger partial charge in [-0.2, -0.15) is 0 Å². The van der Waals surface area contributed by atoms with Crippen molar-refractivity contribution in [3.05, 3.63) is 12.2 Å². The Morgan fingerprint density at radius 3 is 2.94 bits per heavy atom. The van der Waals surface area contributed by atoms with Crippen LogP contribution in [0.3, 0.4) is 0 Å². The predicted molar refractivity (Wildman–Crippen MR) is 74.3 cm³/mol. The summed E-state index contributed by atoms with van der Waals surface area (Å²) >= 11 is 0. The Morgan fingerprint density at radius 2 is 2.28 bits per heavy atom. The molecular weight excluding hydrogens is 224 g/mol. The number of carbonyl (C=O) groups excluding carboxylic acids is 1. The lowest BCUT2D eigenvalue weighted by Gasteiger charge is -2.39. The maximum atomic E-state index is 12.1. The number of amides is 1. The monoisotopic (exact) mass is 250 g/mol. The number of hydrogen-bond acceptors (Lipinski definition) is 2. The Kier molecular flexibility index (Phi) is 4.44. The second kappa shape index (κ2) is 5.87. The molecule has 1 aliphatic carbocycles. The predicted octanol–water partition coefficient (Wildman–Crippen LogP) is 2.24. The van der Waals surface area contributed by atoms with E-state index in [1.54, 1.807) is 0 Å². The van der Waals surface area contributed by atoms with Crippen LogP contribution >= 0.6 is 0 Å². The lowest BCUT2D eigenvalue weighted by Crippen LogP contribution is -2.53. The average Bonchev–Trinajstić information content (AvgIpc) is 2.38. The molecule has 2 unspecified atom stereocenters. The molecule has 0 saturated carbocycles. The quantitative estimate of drug-likeness (QED) is 0.754. The van der Waals surface area contributed by atoms with Crippen molar-refractivity contribution >= 4 is 5.91 Å². The highest BCUT2D eigenvalue weighted by Crippen LogP contribution is 2.29. The van der Waals surface area contributed by atoms with Crippen LogP contribution in [0.1, 0.15) is 46.0 Å². The van der Waals surface area contributed by atoms with Crippen LogP contribution in [0.25, 0.3) is 0 Å². The minimum Gasteiger partial charge on any atom is -0.354 e. The Bertz CT molecular complexity index is 322. The van der Waals surface area contributed by atoms with Crippen molar-refractivity contribution in [2.75, 3.05) is 13.1 Å². The SMILES string of the molecule is CC1(C)CCCNC1CNC(=O)C1CC=CCC1. The van der Waals surface area contributed by atoms with E-state index in [4.69, 9.17) is 0 Å². The van der Waals surface area contributed by atoms with Crippen molar-refractivity contribution in [1.29, 1.82) is 0 Å². The van der Waals surface area contributed by atoms with Crippen molar-refractivity contribution in [3.8, 4) is 0 Å². The van der Waals surface area contributed by atoms with Gasteiger partial charge in [0, 0.05) is 18.5 Å². The maximum absolute atomic E-state index is 12.1. The summed E-state index contributed by atoms with van der Waals surface area (Å²) < 4.78 is 0. The molecule has 0 aromatic carbocycles. The smallest absolute Gasteiger partial charge is 0.223 e. The highest BCUT2D eigenvalue weighted by atomic mass is 16.1. The second-order valence-electron chi connectivity index (χ2n) is 6.33. The number of rotatable bonds is 3. The standard InChI is InChI=1S/C15H26N2O/c1-15(2)9-6-10-16-13(15)11-17-14(18)12-7-4-3-5-8-12/h3-4,12-13,16H,5-11H2,1-2H3,(H,17,18). The highest BCUT2D eigenvalue weighted by Gasteiger charge is 2.32. The Balaban J connectivity index is 1.79. The van der Waals surface area contributed by atoms with Gasteiger partial charge in [0.2, 0.25) is 5.91 Å². The van der Waals surface area contributed by atoms with Gasteiger partial charge in [0.15, 0.2) is 0 Å². The maximum Gasteiger partial charge on any atom is 0.223 e. The van der Waals surface area contributed by atoms with Gasteiger partial charge in [-0.15, -0.1) is 0 Å². The number of piperidine rings is 1. The molecule has 3 heteroatoms. The van der Waals surface area contributed by atoms with E-state index >= 15 is 0 Å². The molecule has 0 radical (unpaired) electrons. The van der Waals surface area contributed by atoms with E-state index < -0.39 is 0 Å². The molecule has 0 bridgehead atoms. The summed E-state index contributed by atoms with van der Waals surface area (Å²) in [5.74, 6) is 0.434. The zero-order chi connectivity index (χ0) is 13.0. The van der Waals surface area contributed by atoms with Crippen LogP contribution in [-0.2, 0) is 4.79 Å². The third kappa shape index (κ3) is 3.35. The van der Waals surface area contributed by atoms with E-state index in [0.717, 1.165) is 32.4 Å². The molecule has 0 spiro atoms. The Hall–Kier alpha value is -0.830. The number of allylic oxidation sites excluding steroid dienone is 2. The number of hydrogen-bond donors (Lipinski definition) is 2. The minimum absolute atomic E-state index is 0.196. The van der Waals surface area contributed by atoms with Gasteiger partial charge in [-0.3, -0.25) is 4.79 Å². The van der Waals surface area contributed by atoms with Gasteiger partial charge in [-0.25, -0.2) is 0 Å². The number of nitrogens with one attached hydrogen (secondary N) is 2. The van der Waals surface area contributed by atoms with Crippen molar-refractivity contribution in [3.63, 3.8) is 0 Å². The van der Waals surface area contributed by atoms with Crippen LogP contribution in [0.15, 0.2) is 12.2 Å². The first-order chi connectivity index (χ1) is 8.59. The van der Waals surface area contributed by atoms with Crippen LogP contribution in [0.4, 0.5) is 0 Å². The summed E-state index contributed by atoms with van der Waals surface area (Å²) in [5.41, 5.74) is 0.290. The Morgan fingerprint density at radius 1 is 1.44 bits per heavy atom. The molecule has 2 rings (SSSR count). The average molecular weight is 250 g/mol. The molecule has 2 N–H and O–H groups in total. The van der Waals surface area contributed by atoms with Gasteiger partial charge in [0.05, 0.1) is 0 Å². The second-order valence-corrected chi connectivity index (χ2v) is 6.33. The van der Waals surface area contributed by atoms with Crippen LogP contribution in [0.5, 0.6) is 0 Å². The topological polar surface area (TPSA) is 41.1 Å². The summed E-state index contributed by atoms with van der Waals surface area (Å²) in [4.78, 5) is 12.1. The Labute approximate surface area is 110 Å². The van der Waals surface area contributed by atoms with Crippen LogP contribution in [-0.4, -0.2) is 25.0 Å². The van der Waals surface area contributed by atoms with Crippen molar-refractivity contribution in [2.45, 2.75) is 52.0 Å². The van der Waals surface area contributed by atoms with Gasteiger partial charge in [-0.1, -0.05) is 26.0 Å². The molecular formula is C15H26N2O. The van der Waals surface area contributed by atoms with Gasteiger partial charge in [-0.05, 0) is 44.1 Å². The van der Waals surface area contributed by atoms with Crippen LogP contribution < -0.4 is 10.6 Å². The molecule has 18 heavy (non-hydrogen) atoms. The van der Waals surface area contributed by atoms with Crippen LogP contribution in [0, 0.1) is 11.3 Å². The van der Waals surface area contributed by atoms with Gasteiger partial charge in [0.1, 0.15) is 0 Å². The first-order valence-electron chi connectivity index (χ1n) is 7.26. The van der Waals surface area contributed by atoms with E-state index in [1.807, 2.05) is 0 Å². The molecule has 1 aliphatic heterocycles. The minimum atomic E-state index is 0.196. The molecule has 0 aromatic rings. The molecule has 2 atom stereocenters. The summed E-state index contributed by atoms with van der Waals surface area (Å²) in [7, 11) is 0. The van der Waals surface area contributed by atoms with E-state index in [-0.39, 0.29) is 17.2 Å². The van der Waals surface area contributed by atoms with Crippen molar-refractivity contribution in [1.82, 2.24) is 10.6 Å². The lowest BCUT2D eigenvalue weighted by atomic mass is 9.77.